The van der Waals surface area contributed by atoms with E-state index in [0.717, 1.165) is 115 Å². The average molecular weight is 397 g/mol. The van der Waals surface area contributed by atoms with E-state index in [-0.39, 0.29) is 0 Å². The van der Waals surface area contributed by atoms with Crippen LogP contribution in [-0.4, -0.2) is 97.3 Å². The average Bonchev–Trinajstić information content (AvgIpc) is 3.44. The lowest BCUT2D eigenvalue weighted by Crippen LogP contribution is -2.37. The number of likely N-dealkylation sites (tertiary alicyclic amines) is 2. The highest BCUT2D eigenvalue weighted by Gasteiger charge is 2.23. The van der Waals surface area contributed by atoms with Crippen molar-refractivity contribution in [3.8, 4) is 0 Å². The van der Waals surface area contributed by atoms with Crippen LogP contribution in [0.4, 0.5) is 0 Å². The second kappa shape index (κ2) is 11.7. The van der Waals surface area contributed by atoms with Crippen LogP contribution in [0.25, 0.3) is 0 Å². The zero-order valence-corrected chi connectivity index (χ0v) is 17.0. The topological polar surface area (TPSA) is 90.1 Å². The van der Waals surface area contributed by atoms with E-state index in [9.17, 15) is 0 Å². The molecular formula is C20H36N4O4. The van der Waals surface area contributed by atoms with Crippen LogP contribution in [0.2, 0.25) is 0 Å². The van der Waals surface area contributed by atoms with E-state index < -0.39 is 0 Å². The van der Waals surface area contributed by atoms with Crippen molar-refractivity contribution in [2.45, 2.75) is 38.5 Å². The van der Waals surface area contributed by atoms with E-state index in [0.29, 0.717) is 0 Å². The van der Waals surface area contributed by atoms with Gasteiger partial charge in [-0.15, -0.1) is 0 Å². The van der Waals surface area contributed by atoms with Crippen LogP contribution in [0.5, 0.6) is 0 Å². The molecule has 4 rings (SSSR count). The molecule has 0 amide bonds. The van der Waals surface area contributed by atoms with Crippen LogP contribution in [-0.2, 0) is 9.47 Å². The number of piperidine rings is 2. The van der Waals surface area contributed by atoms with Gasteiger partial charge in [0.05, 0.1) is 24.6 Å². The highest BCUT2D eigenvalue weighted by atomic mass is 16.5. The van der Waals surface area contributed by atoms with Gasteiger partial charge in [0.1, 0.15) is 0 Å². The van der Waals surface area contributed by atoms with Crippen molar-refractivity contribution in [3.63, 3.8) is 0 Å². The smallest absolute Gasteiger partial charge is 0.0596 e. The number of ether oxygens (including phenoxy) is 2. The summed E-state index contributed by atoms with van der Waals surface area (Å²) in [6, 6.07) is 0. The Hall–Kier alpha value is -1.22. The maximum Gasteiger partial charge on any atom is 0.0596 e. The van der Waals surface area contributed by atoms with Gasteiger partial charge in [-0.25, -0.2) is 0 Å². The van der Waals surface area contributed by atoms with Crippen molar-refractivity contribution in [2.24, 2.45) is 22.1 Å². The highest BCUT2D eigenvalue weighted by molar-refractivity contribution is 5.85. The Morgan fingerprint density at radius 1 is 0.714 bits per heavy atom. The van der Waals surface area contributed by atoms with Crippen molar-refractivity contribution in [2.75, 3.05) is 65.7 Å². The Morgan fingerprint density at radius 3 is 1.39 bits per heavy atom. The molecule has 160 valence electrons. The molecule has 0 aromatic carbocycles. The van der Waals surface area contributed by atoms with Gasteiger partial charge in [-0.2, -0.15) is 0 Å². The third-order valence-electron chi connectivity index (χ3n) is 6.23. The minimum Gasteiger partial charge on any atom is -0.411 e. The number of hydrogen-bond acceptors (Lipinski definition) is 8. The highest BCUT2D eigenvalue weighted by Crippen LogP contribution is 2.17. The van der Waals surface area contributed by atoms with Gasteiger partial charge in [0.2, 0.25) is 0 Å². The molecule has 0 aromatic heterocycles. The molecular weight excluding hydrogens is 360 g/mol. The standard InChI is InChI=1S/2C10H18N2O2/c2*13-11-10-1-4-12(5-2-10)7-9-3-6-14-8-9/h2*9,13H,1-8H2. The van der Waals surface area contributed by atoms with Crippen molar-refractivity contribution < 1.29 is 19.9 Å². The van der Waals surface area contributed by atoms with E-state index in [1.807, 2.05) is 0 Å². The summed E-state index contributed by atoms with van der Waals surface area (Å²) < 4.78 is 10.7. The summed E-state index contributed by atoms with van der Waals surface area (Å²) in [5.74, 6) is 1.45. The molecule has 0 saturated carbocycles. The normalized spacial score (nSPS) is 29.4. The third-order valence-corrected chi connectivity index (χ3v) is 6.23. The summed E-state index contributed by atoms with van der Waals surface area (Å²) in [7, 11) is 0. The second-order valence-electron chi connectivity index (χ2n) is 8.39. The maximum atomic E-state index is 8.61. The SMILES string of the molecule is ON=C1CCN(CC2CCOC2)CC1.ON=C1CCN(CC2CCOC2)CC1. The molecule has 0 aromatic rings. The van der Waals surface area contributed by atoms with Crippen LogP contribution < -0.4 is 0 Å². The molecule has 4 aliphatic heterocycles. The second-order valence-corrected chi connectivity index (χ2v) is 8.39. The summed E-state index contributed by atoms with van der Waals surface area (Å²) >= 11 is 0. The largest absolute Gasteiger partial charge is 0.411 e. The van der Waals surface area contributed by atoms with Gasteiger partial charge in [-0.05, 0) is 24.7 Å². The van der Waals surface area contributed by atoms with Gasteiger partial charge in [-0.3, -0.25) is 0 Å². The van der Waals surface area contributed by atoms with Crippen LogP contribution in [0.3, 0.4) is 0 Å². The Kier molecular flexibility index (Phi) is 8.98. The summed E-state index contributed by atoms with van der Waals surface area (Å²) in [6.07, 6.45) is 6.09. The number of rotatable bonds is 4. The molecule has 0 aliphatic carbocycles. The van der Waals surface area contributed by atoms with Gasteiger partial charge >= 0.3 is 0 Å². The fourth-order valence-electron chi connectivity index (χ4n) is 4.37. The number of oxime groups is 2. The first-order chi connectivity index (χ1) is 13.8. The van der Waals surface area contributed by atoms with E-state index in [1.54, 1.807) is 0 Å². The molecule has 8 nitrogen and oxygen atoms in total. The molecule has 0 bridgehead atoms. The maximum absolute atomic E-state index is 8.61. The monoisotopic (exact) mass is 396 g/mol. The van der Waals surface area contributed by atoms with Crippen molar-refractivity contribution >= 4 is 11.4 Å². The molecule has 2 N–H and O–H groups in total. The lowest BCUT2D eigenvalue weighted by atomic mass is 10.0. The summed E-state index contributed by atoms with van der Waals surface area (Å²) in [6.45, 7) is 10.2. The molecule has 4 heterocycles. The van der Waals surface area contributed by atoms with Crippen LogP contribution >= 0.6 is 0 Å². The fourth-order valence-corrected chi connectivity index (χ4v) is 4.37. The summed E-state index contributed by atoms with van der Waals surface area (Å²) in [5, 5.41) is 23.8. The van der Waals surface area contributed by atoms with Crippen molar-refractivity contribution in [3.05, 3.63) is 0 Å². The Labute approximate surface area is 168 Å². The summed E-state index contributed by atoms with van der Waals surface area (Å²) in [5.41, 5.74) is 1.90. The predicted octanol–water partition coefficient (Wildman–Crippen LogP) is 1.90. The quantitative estimate of drug-likeness (QED) is 0.557. The minimum atomic E-state index is 0.725. The third kappa shape index (κ3) is 6.99. The molecule has 0 radical (unpaired) electrons. The van der Waals surface area contributed by atoms with Gasteiger partial charge < -0.3 is 29.7 Å². The van der Waals surface area contributed by atoms with Gasteiger partial charge in [-0.1, -0.05) is 10.3 Å². The van der Waals surface area contributed by atoms with Gasteiger partial charge in [0.15, 0.2) is 0 Å². The predicted molar refractivity (Wildman–Crippen MR) is 108 cm³/mol. The zero-order valence-electron chi connectivity index (χ0n) is 17.0. The molecule has 0 spiro atoms. The molecule has 4 saturated heterocycles. The van der Waals surface area contributed by atoms with Crippen LogP contribution in [0.1, 0.15) is 38.5 Å². The fraction of sp³-hybridized carbons (Fsp3) is 0.900. The Balaban J connectivity index is 0.000000161. The molecule has 2 unspecified atom stereocenters. The molecule has 8 heteroatoms. The van der Waals surface area contributed by atoms with Crippen LogP contribution in [0, 0.1) is 11.8 Å². The van der Waals surface area contributed by atoms with Gasteiger partial charge in [0.25, 0.3) is 0 Å². The summed E-state index contributed by atoms with van der Waals surface area (Å²) in [4.78, 5) is 4.90. The lowest BCUT2D eigenvalue weighted by Gasteiger charge is -2.28. The zero-order chi connectivity index (χ0) is 19.6. The first-order valence-electron chi connectivity index (χ1n) is 10.8. The molecule has 2 atom stereocenters. The minimum absolute atomic E-state index is 0.725. The number of nitrogens with zero attached hydrogens (tertiary/aromatic N) is 4. The molecule has 4 aliphatic rings. The van der Waals surface area contributed by atoms with E-state index in [2.05, 4.69) is 20.1 Å². The lowest BCUT2D eigenvalue weighted by molar-refractivity contribution is 0.166. The Morgan fingerprint density at radius 2 is 1.11 bits per heavy atom. The first kappa shape index (κ1) is 21.5. The molecule has 28 heavy (non-hydrogen) atoms. The number of hydrogen-bond donors (Lipinski definition) is 2. The Bertz CT molecular complexity index is 450. The van der Waals surface area contributed by atoms with Gasteiger partial charge in [0, 0.05) is 78.2 Å². The molecule has 4 fully saturated rings. The van der Waals surface area contributed by atoms with E-state index in [1.165, 1.54) is 12.8 Å². The van der Waals surface area contributed by atoms with E-state index in [4.69, 9.17) is 19.9 Å². The van der Waals surface area contributed by atoms with Crippen molar-refractivity contribution in [1.29, 1.82) is 0 Å². The van der Waals surface area contributed by atoms with Crippen molar-refractivity contribution in [1.82, 2.24) is 9.80 Å². The van der Waals surface area contributed by atoms with Crippen LogP contribution in [0.15, 0.2) is 10.3 Å². The van der Waals surface area contributed by atoms with E-state index >= 15 is 0 Å². The first-order valence-corrected chi connectivity index (χ1v) is 10.8.